The topological polar surface area (TPSA) is 94.2 Å². The fraction of sp³-hybridized carbons (Fsp3) is 0.233. The largest absolute Gasteiger partial charge is 0.493 e. The maximum atomic E-state index is 13.4. The van der Waals surface area contributed by atoms with Crippen molar-refractivity contribution in [3.05, 3.63) is 93.5 Å². The first-order valence-electron chi connectivity index (χ1n) is 12.5. The van der Waals surface area contributed by atoms with E-state index in [9.17, 15) is 14.4 Å². The molecule has 1 heterocycles. The summed E-state index contributed by atoms with van der Waals surface area (Å²) < 4.78 is 17.1. The predicted octanol–water partition coefficient (Wildman–Crippen LogP) is 5.69. The summed E-state index contributed by atoms with van der Waals surface area (Å²) in [6, 6.07) is 17.2. The van der Waals surface area contributed by atoms with Gasteiger partial charge < -0.3 is 14.2 Å². The molecule has 4 amide bonds. The highest BCUT2D eigenvalue weighted by molar-refractivity contribution is 6.32. The van der Waals surface area contributed by atoms with Crippen LogP contribution >= 0.6 is 11.6 Å². The maximum Gasteiger partial charge on any atom is 0.331 e. The van der Waals surface area contributed by atoms with Crippen molar-refractivity contribution in [2.24, 2.45) is 0 Å². The number of benzene rings is 3. The van der Waals surface area contributed by atoms with Crippen LogP contribution < -0.4 is 19.5 Å². The van der Waals surface area contributed by atoms with E-state index in [4.69, 9.17) is 25.8 Å². The van der Waals surface area contributed by atoms with Crippen LogP contribution in [0.3, 0.4) is 0 Å². The number of nitrogens with one attached hydrogen (secondary N) is 1. The normalized spacial score (nSPS) is 14.4. The number of carbonyl (C=O) groups is 3. The number of imide groups is 2. The average Bonchev–Trinajstić information content (AvgIpc) is 2.92. The van der Waals surface area contributed by atoms with Gasteiger partial charge in [0.25, 0.3) is 11.8 Å². The van der Waals surface area contributed by atoms with E-state index in [1.54, 1.807) is 36.4 Å². The van der Waals surface area contributed by atoms with Crippen LogP contribution in [0.2, 0.25) is 5.02 Å². The molecule has 0 radical (unpaired) electrons. The molecule has 0 unspecified atom stereocenters. The van der Waals surface area contributed by atoms with Gasteiger partial charge in [0.2, 0.25) is 0 Å². The Hall–Kier alpha value is -4.30. The highest BCUT2D eigenvalue weighted by Crippen LogP contribution is 2.30. The van der Waals surface area contributed by atoms with Gasteiger partial charge in [-0.3, -0.25) is 19.8 Å². The number of barbiturate groups is 1. The smallest absolute Gasteiger partial charge is 0.331 e. The first kappa shape index (κ1) is 27.7. The Kier molecular flexibility index (Phi) is 8.88. The molecule has 0 aromatic heterocycles. The quantitative estimate of drug-likeness (QED) is 0.258. The molecule has 8 nitrogen and oxygen atoms in total. The first-order valence-corrected chi connectivity index (χ1v) is 12.8. The minimum absolute atomic E-state index is 0.0773. The molecule has 202 valence electrons. The number of aryl methyl sites for hydroxylation is 1. The molecule has 3 aromatic rings. The Morgan fingerprint density at radius 1 is 0.897 bits per heavy atom. The van der Waals surface area contributed by atoms with Gasteiger partial charge in [0.05, 0.1) is 20.3 Å². The van der Waals surface area contributed by atoms with Gasteiger partial charge in [-0.15, -0.1) is 0 Å². The summed E-state index contributed by atoms with van der Waals surface area (Å²) in [5.74, 6) is -0.0617. The van der Waals surface area contributed by atoms with Crippen molar-refractivity contribution < 1.29 is 28.6 Å². The molecule has 39 heavy (non-hydrogen) atoms. The van der Waals surface area contributed by atoms with E-state index in [2.05, 4.69) is 5.32 Å². The molecule has 3 aromatic carbocycles. The minimum atomic E-state index is -0.811. The molecule has 1 aliphatic heterocycles. The summed E-state index contributed by atoms with van der Waals surface area (Å²) in [5.41, 5.74) is 2.93. The van der Waals surface area contributed by atoms with Gasteiger partial charge in [-0.2, -0.15) is 0 Å². The Labute approximate surface area is 232 Å². The van der Waals surface area contributed by atoms with Crippen LogP contribution in [0.15, 0.2) is 66.2 Å². The minimum Gasteiger partial charge on any atom is -0.493 e. The van der Waals surface area contributed by atoms with Crippen LogP contribution in [0.5, 0.6) is 17.2 Å². The number of ether oxygens (including phenoxy) is 3. The van der Waals surface area contributed by atoms with Gasteiger partial charge in [0.1, 0.15) is 17.9 Å². The number of methoxy groups -OCH3 is 1. The molecule has 0 atom stereocenters. The summed E-state index contributed by atoms with van der Waals surface area (Å²) in [7, 11) is 1.51. The number of halogens is 1. The molecule has 0 aliphatic carbocycles. The van der Waals surface area contributed by atoms with Gasteiger partial charge in [0.15, 0.2) is 11.5 Å². The molecular weight excluding hydrogens is 520 g/mol. The van der Waals surface area contributed by atoms with Gasteiger partial charge in [-0.1, -0.05) is 54.4 Å². The van der Waals surface area contributed by atoms with Crippen LogP contribution in [0.4, 0.5) is 4.79 Å². The van der Waals surface area contributed by atoms with Crippen LogP contribution in [0.25, 0.3) is 6.08 Å². The SMILES string of the molecule is CCCOc1ccc(CN2C(=O)NC(=O)/C(=C\c3cc(Cl)ccc3OCc3ccc(C)cc3)C2=O)cc1OC. The van der Waals surface area contributed by atoms with E-state index >= 15 is 0 Å². The van der Waals surface area contributed by atoms with E-state index in [1.807, 2.05) is 38.1 Å². The molecule has 9 heteroatoms. The molecule has 1 aliphatic rings. The van der Waals surface area contributed by atoms with Crippen LogP contribution in [-0.2, 0) is 22.7 Å². The van der Waals surface area contributed by atoms with E-state index < -0.39 is 17.8 Å². The number of amides is 4. The van der Waals surface area contributed by atoms with E-state index in [0.29, 0.717) is 40.0 Å². The first-order chi connectivity index (χ1) is 18.8. The predicted molar refractivity (Wildman–Crippen MR) is 148 cm³/mol. The number of hydrogen-bond donors (Lipinski definition) is 1. The number of hydrogen-bond acceptors (Lipinski definition) is 6. The summed E-state index contributed by atoms with van der Waals surface area (Å²) in [6.45, 7) is 4.73. The zero-order chi connectivity index (χ0) is 27.9. The van der Waals surface area contributed by atoms with Crippen molar-refractivity contribution >= 4 is 35.5 Å². The third-order valence-electron chi connectivity index (χ3n) is 6.00. The molecule has 0 spiro atoms. The summed E-state index contributed by atoms with van der Waals surface area (Å²) in [6.07, 6.45) is 2.22. The highest BCUT2D eigenvalue weighted by atomic mass is 35.5. The Balaban J connectivity index is 1.58. The zero-order valence-electron chi connectivity index (χ0n) is 22.0. The third kappa shape index (κ3) is 6.78. The van der Waals surface area contributed by atoms with E-state index in [0.717, 1.165) is 22.4 Å². The Morgan fingerprint density at radius 3 is 2.33 bits per heavy atom. The molecule has 4 rings (SSSR count). The highest BCUT2D eigenvalue weighted by Gasteiger charge is 2.36. The standard InChI is InChI=1S/C30H29ClN2O6/c1-4-13-38-26-11-9-21(14-27(26)37-3)17-33-29(35)24(28(34)32-30(33)36)16-22-15-23(31)10-12-25(22)39-18-20-7-5-19(2)6-8-20/h5-12,14-16H,4,13,17-18H2,1-3H3,(H,32,34,36)/b24-16+. The molecule has 0 bridgehead atoms. The lowest BCUT2D eigenvalue weighted by molar-refractivity contribution is -0.130. The molecular formula is C30H29ClN2O6. The van der Waals surface area contributed by atoms with Gasteiger partial charge >= 0.3 is 6.03 Å². The second-order valence-electron chi connectivity index (χ2n) is 9.00. The van der Waals surface area contributed by atoms with Crippen molar-refractivity contribution in [2.75, 3.05) is 13.7 Å². The van der Waals surface area contributed by atoms with Crippen molar-refractivity contribution in [3.8, 4) is 17.2 Å². The lowest BCUT2D eigenvalue weighted by Crippen LogP contribution is -2.53. The summed E-state index contributed by atoms with van der Waals surface area (Å²) in [5, 5.41) is 2.65. The summed E-state index contributed by atoms with van der Waals surface area (Å²) >= 11 is 6.22. The monoisotopic (exact) mass is 548 g/mol. The number of nitrogens with zero attached hydrogens (tertiary/aromatic N) is 1. The van der Waals surface area contributed by atoms with E-state index in [1.165, 1.54) is 13.2 Å². The summed E-state index contributed by atoms with van der Waals surface area (Å²) in [4.78, 5) is 39.7. The molecule has 0 saturated carbocycles. The molecule has 1 fully saturated rings. The lowest BCUT2D eigenvalue weighted by Gasteiger charge is -2.26. The molecule has 1 N–H and O–H groups in total. The van der Waals surface area contributed by atoms with Crippen LogP contribution in [-0.4, -0.2) is 36.5 Å². The van der Waals surface area contributed by atoms with Crippen molar-refractivity contribution in [1.82, 2.24) is 10.2 Å². The lowest BCUT2D eigenvalue weighted by atomic mass is 10.1. The average molecular weight is 549 g/mol. The van der Waals surface area contributed by atoms with Crippen molar-refractivity contribution in [1.29, 1.82) is 0 Å². The van der Waals surface area contributed by atoms with Crippen LogP contribution in [0.1, 0.15) is 35.6 Å². The second kappa shape index (κ2) is 12.5. The maximum absolute atomic E-state index is 13.4. The van der Waals surface area contributed by atoms with Crippen LogP contribution in [0, 0.1) is 6.92 Å². The Bertz CT molecular complexity index is 1420. The van der Waals surface area contributed by atoms with Gasteiger partial charge in [-0.25, -0.2) is 4.79 Å². The van der Waals surface area contributed by atoms with Gasteiger partial charge in [-0.05, 0) is 60.9 Å². The fourth-order valence-corrected chi connectivity index (χ4v) is 4.11. The number of urea groups is 1. The van der Waals surface area contributed by atoms with Crippen molar-refractivity contribution in [3.63, 3.8) is 0 Å². The second-order valence-corrected chi connectivity index (χ2v) is 9.44. The zero-order valence-corrected chi connectivity index (χ0v) is 22.7. The van der Waals surface area contributed by atoms with E-state index in [-0.39, 0.29) is 18.7 Å². The fourth-order valence-electron chi connectivity index (χ4n) is 3.93. The Morgan fingerprint density at radius 2 is 1.62 bits per heavy atom. The third-order valence-corrected chi connectivity index (χ3v) is 6.24. The number of carbonyl (C=O) groups excluding carboxylic acids is 3. The number of rotatable bonds is 10. The molecule has 1 saturated heterocycles. The van der Waals surface area contributed by atoms with Gasteiger partial charge in [0, 0.05) is 10.6 Å². The van der Waals surface area contributed by atoms with Crippen molar-refractivity contribution in [2.45, 2.75) is 33.4 Å².